The van der Waals surface area contributed by atoms with E-state index < -0.39 is 24.7 Å². The summed E-state index contributed by atoms with van der Waals surface area (Å²) in [6.45, 7) is 0.241. The molecule has 0 bridgehead atoms. The predicted molar refractivity (Wildman–Crippen MR) is 74.3 cm³/mol. The molecular formula is C13H16ClF3N3O2+. The summed E-state index contributed by atoms with van der Waals surface area (Å²) in [5.74, 6) is -0.687. The maximum atomic E-state index is 11.9. The Morgan fingerprint density at radius 2 is 2.05 bits per heavy atom. The number of carbonyl (C=O) groups excluding carboxylic acids is 2. The van der Waals surface area contributed by atoms with E-state index in [-0.39, 0.29) is 12.6 Å². The molecule has 1 aromatic carbocycles. The molecule has 1 aromatic rings. The van der Waals surface area contributed by atoms with Crippen molar-refractivity contribution in [3.63, 3.8) is 0 Å². The molecule has 122 valence electrons. The molecule has 4 N–H and O–H groups in total. The molecular weight excluding hydrogens is 323 g/mol. The average Bonchev–Trinajstić information content (AvgIpc) is 2.42. The van der Waals surface area contributed by atoms with Gasteiger partial charge >= 0.3 is 12.2 Å². The third-order valence-corrected chi connectivity index (χ3v) is 2.97. The van der Waals surface area contributed by atoms with Gasteiger partial charge in [0.1, 0.15) is 12.6 Å². The summed E-state index contributed by atoms with van der Waals surface area (Å²) in [7, 11) is 0. The number of rotatable bonds is 5. The summed E-state index contributed by atoms with van der Waals surface area (Å²) < 4.78 is 35.6. The molecule has 0 spiro atoms. The van der Waals surface area contributed by atoms with Crippen LogP contribution in [0.5, 0.6) is 0 Å². The quantitative estimate of drug-likeness (QED) is 0.758. The molecule has 0 unspecified atom stereocenters. The molecule has 1 atom stereocenters. The zero-order chi connectivity index (χ0) is 16.8. The van der Waals surface area contributed by atoms with E-state index in [1.165, 1.54) is 0 Å². The topological polar surface area (TPSA) is 74.8 Å². The number of nitrogens with one attached hydrogen (secondary N) is 2. The van der Waals surface area contributed by atoms with Crippen LogP contribution in [0.3, 0.4) is 0 Å². The van der Waals surface area contributed by atoms with Crippen molar-refractivity contribution < 1.29 is 28.1 Å². The zero-order valence-corrected chi connectivity index (χ0v) is 12.5. The first-order chi connectivity index (χ1) is 10.2. The van der Waals surface area contributed by atoms with E-state index in [2.05, 4.69) is 0 Å². The van der Waals surface area contributed by atoms with Crippen molar-refractivity contribution in [2.45, 2.75) is 19.1 Å². The predicted octanol–water partition coefficient (Wildman–Crippen LogP) is 1.35. The van der Waals surface area contributed by atoms with Gasteiger partial charge in [-0.2, -0.15) is 13.2 Å². The van der Waals surface area contributed by atoms with E-state index in [4.69, 9.17) is 11.6 Å². The van der Waals surface area contributed by atoms with E-state index >= 15 is 0 Å². The molecule has 0 fully saturated rings. The van der Waals surface area contributed by atoms with Crippen molar-refractivity contribution in [3.8, 4) is 0 Å². The van der Waals surface area contributed by atoms with Crippen molar-refractivity contribution in [1.29, 1.82) is 0 Å². The Morgan fingerprint density at radius 3 is 2.64 bits per heavy atom. The first kappa shape index (κ1) is 18.2. The molecule has 1 rings (SSSR count). The van der Waals surface area contributed by atoms with Crippen molar-refractivity contribution in [2.24, 2.45) is 0 Å². The van der Waals surface area contributed by atoms with Crippen LogP contribution in [0, 0.1) is 0 Å². The molecule has 0 aliphatic rings. The van der Waals surface area contributed by atoms with Crippen molar-refractivity contribution >= 4 is 23.5 Å². The second-order valence-electron chi connectivity index (χ2n) is 4.63. The van der Waals surface area contributed by atoms with E-state index in [0.29, 0.717) is 5.02 Å². The fraction of sp³-hybridized carbons (Fsp3) is 0.385. The number of benzene rings is 1. The fourth-order valence-electron chi connectivity index (χ4n) is 1.61. The van der Waals surface area contributed by atoms with Gasteiger partial charge in [-0.25, -0.2) is 4.79 Å². The Hall–Kier alpha value is -1.80. The number of halogens is 4. The Bertz CT molecular complexity index is 538. The Balaban J connectivity index is 2.35. The van der Waals surface area contributed by atoms with Gasteiger partial charge in [0.05, 0.1) is 0 Å². The van der Waals surface area contributed by atoms with E-state index in [0.717, 1.165) is 5.56 Å². The van der Waals surface area contributed by atoms with Crippen LogP contribution in [0.25, 0.3) is 0 Å². The van der Waals surface area contributed by atoms with Gasteiger partial charge in [-0.3, -0.25) is 10.1 Å². The van der Waals surface area contributed by atoms with Gasteiger partial charge in [0.2, 0.25) is 0 Å². The van der Waals surface area contributed by atoms with Crippen LogP contribution < -0.4 is 16.0 Å². The third-order valence-electron chi connectivity index (χ3n) is 2.73. The maximum absolute atomic E-state index is 11.9. The van der Waals surface area contributed by atoms with Crippen LogP contribution in [0.4, 0.5) is 18.0 Å². The lowest BCUT2D eigenvalue weighted by Gasteiger charge is -2.12. The Kier molecular flexibility index (Phi) is 6.63. The average molecular weight is 339 g/mol. The van der Waals surface area contributed by atoms with Crippen LogP contribution in [-0.4, -0.2) is 31.2 Å². The number of imide groups is 1. The first-order valence-electron chi connectivity index (χ1n) is 6.40. The summed E-state index contributed by atoms with van der Waals surface area (Å²) >= 11 is 5.85. The molecule has 0 aliphatic heterocycles. The largest absolute Gasteiger partial charge is 0.405 e. The minimum atomic E-state index is -4.52. The highest BCUT2D eigenvalue weighted by molar-refractivity contribution is 6.30. The second-order valence-corrected chi connectivity index (χ2v) is 5.07. The molecule has 0 saturated carbocycles. The molecule has 0 radical (unpaired) electrons. The van der Waals surface area contributed by atoms with Crippen molar-refractivity contribution in [1.82, 2.24) is 10.6 Å². The molecule has 0 heterocycles. The van der Waals surface area contributed by atoms with Crippen molar-refractivity contribution in [3.05, 3.63) is 34.9 Å². The van der Waals surface area contributed by atoms with E-state index in [1.54, 1.807) is 28.8 Å². The molecule has 5 nitrogen and oxygen atoms in total. The molecule has 0 aliphatic carbocycles. The Labute approximate surface area is 130 Å². The number of alkyl halides is 3. The normalized spacial score (nSPS) is 12.6. The van der Waals surface area contributed by atoms with Crippen LogP contribution in [0.2, 0.25) is 5.02 Å². The number of urea groups is 1. The van der Waals surface area contributed by atoms with Crippen molar-refractivity contribution in [2.75, 3.05) is 13.1 Å². The summed E-state index contributed by atoms with van der Waals surface area (Å²) in [4.78, 5) is 22.6. The highest BCUT2D eigenvalue weighted by Gasteiger charge is 2.28. The maximum Gasteiger partial charge on any atom is 0.405 e. The molecule has 3 amide bonds. The van der Waals surface area contributed by atoms with Crippen LogP contribution in [0.1, 0.15) is 18.5 Å². The van der Waals surface area contributed by atoms with Gasteiger partial charge in [0.15, 0.2) is 6.54 Å². The second kappa shape index (κ2) is 8.00. The van der Waals surface area contributed by atoms with Gasteiger partial charge in [0, 0.05) is 10.6 Å². The number of nitrogens with two attached hydrogens (primary N) is 1. The molecule has 0 saturated heterocycles. The van der Waals surface area contributed by atoms with Gasteiger partial charge < -0.3 is 10.6 Å². The SMILES string of the molecule is C[C@H]([NH2+]CC(=O)NC(=O)NCC(F)(F)F)c1cccc(Cl)c1. The molecule has 0 aromatic heterocycles. The smallest absolute Gasteiger partial charge is 0.333 e. The zero-order valence-electron chi connectivity index (χ0n) is 11.7. The van der Waals surface area contributed by atoms with E-state index in [9.17, 15) is 22.8 Å². The molecule has 9 heteroatoms. The highest BCUT2D eigenvalue weighted by atomic mass is 35.5. The number of quaternary nitrogens is 1. The lowest BCUT2D eigenvalue weighted by molar-refractivity contribution is -0.682. The lowest BCUT2D eigenvalue weighted by Crippen LogP contribution is -2.87. The first-order valence-corrected chi connectivity index (χ1v) is 6.78. The van der Waals surface area contributed by atoms with E-state index in [1.807, 2.05) is 18.3 Å². The number of hydrogen-bond acceptors (Lipinski definition) is 2. The monoisotopic (exact) mass is 338 g/mol. The van der Waals surface area contributed by atoms with Crippen LogP contribution in [-0.2, 0) is 4.79 Å². The number of hydrogen-bond donors (Lipinski definition) is 3. The van der Waals surface area contributed by atoms with Gasteiger partial charge in [-0.15, -0.1) is 0 Å². The molecule has 22 heavy (non-hydrogen) atoms. The summed E-state index contributed by atoms with van der Waals surface area (Å²) in [5, 5.41) is 5.58. The number of amides is 3. The van der Waals surface area contributed by atoms with Gasteiger partial charge in [-0.1, -0.05) is 23.7 Å². The third kappa shape index (κ3) is 7.28. The Morgan fingerprint density at radius 1 is 1.36 bits per heavy atom. The fourth-order valence-corrected chi connectivity index (χ4v) is 1.81. The van der Waals surface area contributed by atoms with Gasteiger partial charge in [0.25, 0.3) is 5.91 Å². The lowest BCUT2D eigenvalue weighted by atomic mass is 10.1. The van der Waals surface area contributed by atoms with Gasteiger partial charge in [-0.05, 0) is 19.1 Å². The van der Waals surface area contributed by atoms with Crippen LogP contribution in [0.15, 0.2) is 24.3 Å². The summed E-state index contributed by atoms with van der Waals surface area (Å²) in [5.41, 5.74) is 0.891. The van der Waals surface area contributed by atoms with Crippen LogP contribution >= 0.6 is 11.6 Å². The highest BCUT2D eigenvalue weighted by Crippen LogP contribution is 2.14. The summed E-state index contributed by atoms with van der Waals surface area (Å²) in [6.07, 6.45) is -4.52. The standard InChI is InChI=1S/C13H15ClF3N3O2/c1-8(9-3-2-4-10(14)5-9)18-6-11(21)20-12(22)19-7-13(15,16)17/h2-5,8,18H,6-7H2,1H3,(H2,19,20,21,22)/p+1/t8-/m0/s1. The minimum absolute atomic E-state index is 0.0947. The summed E-state index contributed by atoms with van der Waals surface area (Å²) in [6, 6.07) is 5.80. The minimum Gasteiger partial charge on any atom is -0.333 e. The number of carbonyl (C=O) groups is 2.